The van der Waals surface area contributed by atoms with Crippen molar-refractivity contribution in [3.05, 3.63) is 24.3 Å². The van der Waals surface area contributed by atoms with Gasteiger partial charge in [0.15, 0.2) is 6.54 Å². The van der Waals surface area contributed by atoms with Crippen LogP contribution in [0, 0.1) is 0 Å². The van der Waals surface area contributed by atoms with Crippen molar-refractivity contribution in [2.75, 3.05) is 52.1 Å². The number of benzene rings is 1. The molecular formula is C19H34N4O3S+2. The Bertz CT molecular complexity index is 726. The maximum atomic E-state index is 12.7. The van der Waals surface area contributed by atoms with Crippen molar-refractivity contribution in [2.24, 2.45) is 0 Å². The number of rotatable bonds is 8. The van der Waals surface area contributed by atoms with Crippen LogP contribution in [-0.4, -0.2) is 71.5 Å². The predicted molar refractivity (Wildman–Crippen MR) is 107 cm³/mol. The first-order chi connectivity index (χ1) is 12.8. The first kappa shape index (κ1) is 21.8. The van der Waals surface area contributed by atoms with Crippen molar-refractivity contribution in [1.82, 2.24) is 4.31 Å². The second kappa shape index (κ2) is 9.64. The van der Waals surface area contributed by atoms with Gasteiger partial charge in [-0.05, 0) is 18.2 Å². The third-order valence-corrected chi connectivity index (χ3v) is 7.48. The summed E-state index contributed by atoms with van der Waals surface area (Å²) < 4.78 is 26.7. The van der Waals surface area contributed by atoms with Crippen LogP contribution >= 0.6 is 0 Å². The Balaban J connectivity index is 2.00. The molecule has 27 heavy (non-hydrogen) atoms. The zero-order valence-corrected chi connectivity index (χ0v) is 17.7. The number of likely N-dealkylation sites (N-methyl/N-ethyl adjacent to an activating group) is 1. The van der Waals surface area contributed by atoms with E-state index in [1.807, 2.05) is 13.8 Å². The normalized spacial score (nSPS) is 21.8. The fourth-order valence-corrected chi connectivity index (χ4v) is 5.16. The first-order valence-electron chi connectivity index (χ1n) is 9.81. The summed E-state index contributed by atoms with van der Waals surface area (Å²) in [6.45, 7) is 7.15. The Morgan fingerprint density at radius 3 is 2.48 bits per heavy atom. The molecule has 1 aliphatic heterocycles. The van der Waals surface area contributed by atoms with Crippen LogP contribution in [0.25, 0.3) is 0 Å². The molecule has 1 heterocycles. The van der Waals surface area contributed by atoms with E-state index in [2.05, 4.69) is 19.4 Å². The molecule has 0 radical (unpaired) electrons. The molecule has 1 saturated heterocycles. The van der Waals surface area contributed by atoms with Crippen LogP contribution in [0.3, 0.4) is 0 Å². The molecule has 0 saturated carbocycles. The molecule has 7 nitrogen and oxygen atoms in total. The van der Waals surface area contributed by atoms with Gasteiger partial charge in [0.05, 0.1) is 38.1 Å². The van der Waals surface area contributed by atoms with E-state index in [4.69, 9.17) is 0 Å². The molecule has 1 amide bonds. The number of quaternary nitrogens is 2. The summed E-state index contributed by atoms with van der Waals surface area (Å²) in [7, 11) is 0.737. The Kier molecular flexibility index (Phi) is 7.79. The Morgan fingerprint density at radius 1 is 1.26 bits per heavy atom. The van der Waals surface area contributed by atoms with Crippen LogP contribution in [0.1, 0.15) is 26.7 Å². The second-order valence-corrected chi connectivity index (χ2v) is 9.36. The third-order valence-electron chi connectivity index (χ3n) is 5.44. The van der Waals surface area contributed by atoms with Crippen molar-refractivity contribution >= 4 is 21.6 Å². The van der Waals surface area contributed by atoms with E-state index in [9.17, 15) is 13.2 Å². The van der Waals surface area contributed by atoms with E-state index in [0.717, 1.165) is 25.9 Å². The molecule has 1 atom stereocenters. The number of nitrogens with zero attached hydrogens (tertiary/aromatic N) is 1. The topological polar surface area (TPSA) is 75.4 Å². The van der Waals surface area contributed by atoms with Crippen LogP contribution in [0.4, 0.5) is 5.69 Å². The van der Waals surface area contributed by atoms with Gasteiger partial charge in [0.2, 0.25) is 10.0 Å². The number of carbonyl (C=O) groups is 1. The lowest BCUT2D eigenvalue weighted by Gasteiger charge is -2.30. The van der Waals surface area contributed by atoms with Crippen molar-refractivity contribution in [2.45, 2.75) is 37.6 Å². The van der Waals surface area contributed by atoms with Crippen molar-refractivity contribution in [3.63, 3.8) is 0 Å². The van der Waals surface area contributed by atoms with Crippen LogP contribution in [-0.2, 0) is 14.8 Å². The van der Waals surface area contributed by atoms with Gasteiger partial charge in [-0.25, -0.2) is 8.42 Å². The average Bonchev–Trinajstić information content (AvgIpc) is 2.63. The molecule has 0 spiro atoms. The largest absolute Gasteiger partial charge is 0.337 e. The third kappa shape index (κ3) is 5.75. The summed E-state index contributed by atoms with van der Waals surface area (Å²) in [5.41, 5.74) is 0.522. The fraction of sp³-hybridized carbons (Fsp3) is 0.632. The number of likely N-dealkylation sites (tertiary alicyclic amines) is 1. The number of amides is 1. The predicted octanol–water partition coefficient (Wildman–Crippen LogP) is -1.15. The standard InChI is InChI=1S/C19H32N4O3S/c1-5-23(6-2)27(25,26)18-9-7-8-16(14-18)20-19(24)15-22(4)17-10-12-21(3)13-11-17/h7-9,14,17H,5-6,10-13,15H2,1-4H3,(H,20,24)/p+2. The number of sulfonamides is 1. The highest BCUT2D eigenvalue weighted by atomic mass is 32.2. The molecule has 8 heteroatoms. The second-order valence-electron chi connectivity index (χ2n) is 7.42. The molecule has 1 unspecified atom stereocenters. The number of anilines is 1. The number of nitrogens with one attached hydrogen (secondary N) is 3. The number of hydrogen-bond acceptors (Lipinski definition) is 3. The number of carbonyl (C=O) groups excluding carboxylic acids is 1. The van der Waals surface area contributed by atoms with Crippen molar-refractivity contribution < 1.29 is 23.0 Å². The minimum atomic E-state index is -3.53. The van der Waals surface area contributed by atoms with Crippen molar-refractivity contribution in [1.29, 1.82) is 0 Å². The lowest BCUT2D eigenvalue weighted by Crippen LogP contribution is -3.18. The van der Waals surface area contributed by atoms with Gasteiger partial charge in [-0.15, -0.1) is 0 Å². The number of piperidine rings is 1. The Labute approximate surface area is 163 Å². The monoisotopic (exact) mass is 398 g/mol. The van der Waals surface area contributed by atoms with Crippen LogP contribution in [0.2, 0.25) is 0 Å². The zero-order chi connectivity index (χ0) is 20.0. The lowest BCUT2D eigenvalue weighted by atomic mass is 10.0. The molecule has 0 aromatic heterocycles. The molecule has 1 fully saturated rings. The van der Waals surface area contributed by atoms with E-state index in [0.29, 0.717) is 31.4 Å². The van der Waals surface area contributed by atoms with Gasteiger partial charge in [-0.3, -0.25) is 4.79 Å². The highest BCUT2D eigenvalue weighted by molar-refractivity contribution is 7.89. The molecule has 1 aromatic rings. The highest BCUT2D eigenvalue weighted by Gasteiger charge is 2.27. The van der Waals surface area contributed by atoms with Crippen LogP contribution in [0.15, 0.2) is 29.2 Å². The summed E-state index contributed by atoms with van der Waals surface area (Å²) in [6.07, 6.45) is 2.26. The van der Waals surface area contributed by atoms with Gasteiger partial charge in [0.25, 0.3) is 5.91 Å². The molecule has 1 aliphatic rings. The van der Waals surface area contributed by atoms with Gasteiger partial charge < -0.3 is 15.1 Å². The van der Waals surface area contributed by atoms with Gasteiger partial charge >= 0.3 is 0 Å². The smallest absolute Gasteiger partial charge is 0.279 e. The molecule has 3 N–H and O–H groups in total. The van der Waals surface area contributed by atoms with E-state index in [-0.39, 0.29) is 10.8 Å². The molecule has 152 valence electrons. The first-order valence-corrected chi connectivity index (χ1v) is 11.3. The van der Waals surface area contributed by atoms with E-state index in [1.54, 1.807) is 29.2 Å². The summed E-state index contributed by atoms with van der Waals surface area (Å²) in [4.78, 5) is 15.4. The molecule has 1 aromatic carbocycles. The Morgan fingerprint density at radius 2 is 1.89 bits per heavy atom. The van der Waals surface area contributed by atoms with Crippen LogP contribution < -0.4 is 15.1 Å². The van der Waals surface area contributed by atoms with Gasteiger partial charge in [0, 0.05) is 31.6 Å². The zero-order valence-electron chi connectivity index (χ0n) is 16.9. The molecule has 2 rings (SSSR count). The highest BCUT2D eigenvalue weighted by Crippen LogP contribution is 2.19. The van der Waals surface area contributed by atoms with Crippen LogP contribution in [0.5, 0.6) is 0 Å². The van der Waals surface area contributed by atoms with Gasteiger partial charge in [0.1, 0.15) is 0 Å². The minimum absolute atomic E-state index is 0.0869. The molecular weight excluding hydrogens is 364 g/mol. The summed E-state index contributed by atoms with van der Waals surface area (Å²) in [6, 6.07) is 7.02. The lowest BCUT2D eigenvalue weighted by molar-refractivity contribution is -0.935. The Hall–Kier alpha value is -1.48. The molecule has 0 bridgehead atoms. The minimum Gasteiger partial charge on any atom is -0.337 e. The quantitative estimate of drug-likeness (QED) is 0.518. The van der Waals surface area contributed by atoms with E-state index in [1.165, 1.54) is 9.21 Å². The van der Waals surface area contributed by atoms with Gasteiger partial charge in [-0.2, -0.15) is 4.31 Å². The SMILES string of the molecule is CCN(CC)S(=O)(=O)c1cccc(NC(=O)C[NH+](C)C2CC[NH+](C)CC2)c1. The molecule has 0 aliphatic carbocycles. The van der Waals surface area contributed by atoms with Gasteiger partial charge in [-0.1, -0.05) is 19.9 Å². The maximum Gasteiger partial charge on any atom is 0.279 e. The van der Waals surface area contributed by atoms with E-state index >= 15 is 0 Å². The number of hydrogen-bond donors (Lipinski definition) is 3. The summed E-state index contributed by atoms with van der Waals surface area (Å²) in [5.74, 6) is -0.0869. The van der Waals surface area contributed by atoms with E-state index < -0.39 is 10.0 Å². The summed E-state index contributed by atoms with van der Waals surface area (Å²) in [5, 5.41) is 2.86. The summed E-state index contributed by atoms with van der Waals surface area (Å²) >= 11 is 0. The maximum absolute atomic E-state index is 12.7. The fourth-order valence-electron chi connectivity index (χ4n) is 3.65. The average molecular weight is 399 g/mol. The van der Waals surface area contributed by atoms with Crippen molar-refractivity contribution in [3.8, 4) is 0 Å².